The largest absolute Gasteiger partial charge is 0.404 e. The van der Waals surface area contributed by atoms with Gasteiger partial charge < -0.3 is 0 Å². The van der Waals surface area contributed by atoms with E-state index in [4.69, 9.17) is 11.6 Å². The Morgan fingerprint density at radius 2 is 2.08 bits per heavy atom. The second-order valence-electron chi connectivity index (χ2n) is 2.17. The molecule has 0 saturated carbocycles. The van der Waals surface area contributed by atoms with Crippen LogP contribution in [0.25, 0.3) is 0 Å². The van der Waals surface area contributed by atoms with Gasteiger partial charge in [-0.2, -0.15) is 13.2 Å². The van der Waals surface area contributed by atoms with Crippen LogP contribution in [0, 0.1) is 5.92 Å². The lowest BCUT2D eigenvalue weighted by Crippen LogP contribution is -2.29. The van der Waals surface area contributed by atoms with Gasteiger partial charge in [0.25, 0.3) is 5.91 Å². The molecule has 6 heteroatoms. The van der Waals surface area contributed by atoms with Crippen LogP contribution in [0.5, 0.6) is 0 Å². The van der Waals surface area contributed by atoms with Gasteiger partial charge in [-0.05, 0) is 6.08 Å². The van der Waals surface area contributed by atoms with E-state index in [9.17, 15) is 18.0 Å². The standard InChI is InChI=1S/C6H3ClF3NO/c7-3-1-4(6(8,9)10)5(12)11-2-3/h1-2,4H. The minimum Gasteiger partial charge on any atom is -0.272 e. The molecule has 1 rings (SSSR count). The highest BCUT2D eigenvalue weighted by atomic mass is 35.5. The van der Waals surface area contributed by atoms with E-state index in [0.29, 0.717) is 6.08 Å². The quantitative estimate of drug-likeness (QED) is 0.583. The molecule has 1 aliphatic rings. The zero-order chi connectivity index (χ0) is 9.35. The normalized spacial score (nSPS) is 24.2. The van der Waals surface area contributed by atoms with Gasteiger partial charge >= 0.3 is 6.18 Å². The number of hydrogen-bond acceptors (Lipinski definition) is 1. The number of amides is 1. The first-order chi connectivity index (χ1) is 5.41. The molecule has 0 aromatic rings. The molecule has 0 aromatic heterocycles. The van der Waals surface area contributed by atoms with Crippen LogP contribution in [0.2, 0.25) is 0 Å². The molecule has 66 valence electrons. The molecular weight excluding hydrogens is 195 g/mol. The highest BCUT2D eigenvalue weighted by Gasteiger charge is 2.44. The summed E-state index contributed by atoms with van der Waals surface area (Å²) in [5.41, 5.74) is 0. The van der Waals surface area contributed by atoms with Crippen LogP contribution in [-0.2, 0) is 4.79 Å². The van der Waals surface area contributed by atoms with Crippen LogP contribution >= 0.6 is 11.6 Å². The maximum absolute atomic E-state index is 12.0. The van der Waals surface area contributed by atoms with E-state index in [0.717, 1.165) is 6.21 Å². The Kier molecular flexibility index (Phi) is 2.23. The van der Waals surface area contributed by atoms with Crippen molar-refractivity contribution in [2.45, 2.75) is 6.18 Å². The zero-order valence-electron chi connectivity index (χ0n) is 5.60. The topological polar surface area (TPSA) is 29.4 Å². The fraction of sp³-hybridized carbons (Fsp3) is 0.333. The molecule has 12 heavy (non-hydrogen) atoms. The molecule has 1 aliphatic heterocycles. The predicted octanol–water partition coefficient (Wildman–Crippen LogP) is 1.90. The molecule has 0 fully saturated rings. The molecular formula is C6H3ClF3NO. The minimum absolute atomic E-state index is 0.170. The third-order valence-corrected chi connectivity index (χ3v) is 1.48. The molecule has 0 radical (unpaired) electrons. The van der Waals surface area contributed by atoms with Crippen LogP contribution in [0.3, 0.4) is 0 Å². The summed E-state index contributed by atoms with van der Waals surface area (Å²) in [5, 5.41) is -0.170. The van der Waals surface area contributed by atoms with E-state index < -0.39 is 18.0 Å². The molecule has 1 atom stereocenters. The van der Waals surface area contributed by atoms with Gasteiger partial charge in [-0.25, -0.2) is 4.99 Å². The molecule has 2 nitrogen and oxygen atoms in total. The van der Waals surface area contributed by atoms with E-state index in [1.807, 2.05) is 0 Å². The Morgan fingerprint density at radius 3 is 2.50 bits per heavy atom. The molecule has 0 bridgehead atoms. The molecule has 0 aliphatic carbocycles. The van der Waals surface area contributed by atoms with Crippen molar-refractivity contribution in [1.82, 2.24) is 0 Å². The van der Waals surface area contributed by atoms with Gasteiger partial charge in [0, 0.05) is 6.21 Å². The second-order valence-corrected chi connectivity index (χ2v) is 2.60. The van der Waals surface area contributed by atoms with Crippen molar-refractivity contribution in [1.29, 1.82) is 0 Å². The monoisotopic (exact) mass is 197 g/mol. The number of hydrogen-bond donors (Lipinski definition) is 0. The Hall–Kier alpha value is -0.840. The summed E-state index contributed by atoms with van der Waals surface area (Å²) in [6, 6.07) is 0. The van der Waals surface area contributed by atoms with Crippen molar-refractivity contribution < 1.29 is 18.0 Å². The summed E-state index contributed by atoms with van der Waals surface area (Å²) >= 11 is 5.24. The lowest BCUT2D eigenvalue weighted by Gasteiger charge is -2.15. The number of aliphatic imine (C=N–C) groups is 1. The van der Waals surface area contributed by atoms with Gasteiger partial charge in [-0.1, -0.05) is 11.6 Å². The molecule has 0 aromatic carbocycles. The van der Waals surface area contributed by atoms with Gasteiger partial charge in [-0.15, -0.1) is 0 Å². The highest BCUT2D eigenvalue weighted by Crippen LogP contribution is 2.31. The van der Waals surface area contributed by atoms with Crippen LogP contribution < -0.4 is 0 Å². The SMILES string of the molecule is O=C1N=CC(Cl)=CC1C(F)(F)F. The van der Waals surface area contributed by atoms with Crippen LogP contribution in [0.15, 0.2) is 16.1 Å². The predicted molar refractivity (Wildman–Crippen MR) is 37.0 cm³/mol. The number of carbonyl (C=O) groups is 1. The lowest BCUT2D eigenvalue weighted by atomic mass is 10.1. The number of alkyl halides is 3. The number of dihydropyridines is 1. The number of nitrogens with zero attached hydrogens (tertiary/aromatic N) is 1. The summed E-state index contributed by atoms with van der Waals surface area (Å²) in [6.07, 6.45) is -3.07. The summed E-state index contributed by atoms with van der Waals surface area (Å²) < 4.78 is 35.9. The highest BCUT2D eigenvalue weighted by molar-refractivity contribution is 6.40. The summed E-state index contributed by atoms with van der Waals surface area (Å²) in [4.78, 5) is 13.5. The Bertz CT molecular complexity index is 268. The average molecular weight is 198 g/mol. The summed E-state index contributed by atoms with van der Waals surface area (Å²) in [7, 11) is 0. The lowest BCUT2D eigenvalue weighted by molar-refractivity contribution is -0.170. The Labute approximate surface area is 70.7 Å². The second kappa shape index (κ2) is 2.90. The maximum Gasteiger partial charge on any atom is 0.404 e. The van der Waals surface area contributed by atoms with E-state index in [2.05, 4.69) is 4.99 Å². The molecule has 1 unspecified atom stereocenters. The van der Waals surface area contributed by atoms with Crippen LogP contribution in [0.4, 0.5) is 13.2 Å². The van der Waals surface area contributed by atoms with Gasteiger partial charge in [0.2, 0.25) is 0 Å². The fourth-order valence-electron chi connectivity index (χ4n) is 0.714. The van der Waals surface area contributed by atoms with Crippen LogP contribution in [-0.4, -0.2) is 18.3 Å². The first-order valence-electron chi connectivity index (χ1n) is 2.93. The van der Waals surface area contributed by atoms with E-state index in [1.54, 1.807) is 0 Å². The number of allylic oxidation sites excluding steroid dienone is 1. The molecule has 0 spiro atoms. The van der Waals surface area contributed by atoms with Crippen molar-refractivity contribution in [3.05, 3.63) is 11.1 Å². The van der Waals surface area contributed by atoms with Gasteiger partial charge in [-0.3, -0.25) is 4.79 Å². The fourth-order valence-corrected chi connectivity index (χ4v) is 0.888. The number of halogens is 4. The third-order valence-electron chi connectivity index (χ3n) is 1.26. The van der Waals surface area contributed by atoms with Gasteiger partial charge in [0.05, 0.1) is 5.03 Å². The smallest absolute Gasteiger partial charge is 0.272 e. The van der Waals surface area contributed by atoms with Crippen molar-refractivity contribution in [3.63, 3.8) is 0 Å². The third kappa shape index (κ3) is 1.85. The van der Waals surface area contributed by atoms with Crippen LogP contribution in [0.1, 0.15) is 0 Å². The Balaban J connectivity index is 2.93. The Morgan fingerprint density at radius 1 is 1.50 bits per heavy atom. The molecule has 1 heterocycles. The summed E-state index contributed by atoms with van der Waals surface area (Å²) in [5.74, 6) is -3.41. The van der Waals surface area contributed by atoms with E-state index in [1.165, 1.54) is 0 Å². The van der Waals surface area contributed by atoms with Crippen molar-refractivity contribution >= 4 is 23.7 Å². The summed E-state index contributed by atoms with van der Waals surface area (Å²) in [6.45, 7) is 0. The molecule has 1 amide bonds. The van der Waals surface area contributed by atoms with Gasteiger partial charge in [0.1, 0.15) is 0 Å². The van der Waals surface area contributed by atoms with Crippen molar-refractivity contribution in [2.75, 3.05) is 0 Å². The average Bonchev–Trinajstić information content (AvgIpc) is 1.92. The number of rotatable bonds is 0. The van der Waals surface area contributed by atoms with E-state index in [-0.39, 0.29) is 5.03 Å². The maximum atomic E-state index is 12.0. The first-order valence-corrected chi connectivity index (χ1v) is 3.31. The van der Waals surface area contributed by atoms with Gasteiger partial charge in [0.15, 0.2) is 5.92 Å². The zero-order valence-corrected chi connectivity index (χ0v) is 6.36. The van der Waals surface area contributed by atoms with Crippen molar-refractivity contribution in [2.24, 2.45) is 10.9 Å². The van der Waals surface area contributed by atoms with Crippen molar-refractivity contribution in [3.8, 4) is 0 Å². The number of carbonyl (C=O) groups excluding carboxylic acids is 1. The van der Waals surface area contributed by atoms with E-state index >= 15 is 0 Å². The molecule has 0 N–H and O–H groups in total. The molecule has 0 saturated heterocycles. The minimum atomic E-state index is -4.60. The first kappa shape index (κ1) is 9.25.